The number of rotatable bonds is 3. The van der Waals surface area contributed by atoms with Gasteiger partial charge in [-0.3, -0.25) is 0 Å². The Morgan fingerprint density at radius 1 is 1.29 bits per heavy atom. The Balaban J connectivity index is 1.70. The first-order chi connectivity index (χ1) is 10.3. The van der Waals surface area contributed by atoms with Crippen molar-refractivity contribution in [2.24, 2.45) is 0 Å². The minimum atomic E-state index is 0.531. The Hall–Kier alpha value is -2.49. The summed E-state index contributed by atoms with van der Waals surface area (Å²) in [4.78, 5) is 4.45. The van der Waals surface area contributed by atoms with Crippen LogP contribution in [0.15, 0.2) is 42.5 Å². The van der Waals surface area contributed by atoms with Crippen LogP contribution in [0.2, 0.25) is 0 Å². The molecule has 3 aromatic rings. The number of benzene rings is 2. The number of nitrogen functional groups attached to an aromatic ring is 1. The second-order valence-corrected chi connectivity index (χ2v) is 5.54. The van der Waals surface area contributed by atoms with E-state index >= 15 is 0 Å². The van der Waals surface area contributed by atoms with Crippen LogP contribution < -0.4 is 10.5 Å². The molecule has 0 saturated carbocycles. The van der Waals surface area contributed by atoms with Crippen LogP contribution in [-0.2, 0) is 13.0 Å². The van der Waals surface area contributed by atoms with Crippen LogP contribution in [0.5, 0.6) is 5.75 Å². The zero-order valence-corrected chi connectivity index (χ0v) is 11.9. The van der Waals surface area contributed by atoms with E-state index in [4.69, 9.17) is 10.5 Å². The van der Waals surface area contributed by atoms with Crippen molar-refractivity contribution in [2.45, 2.75) is 18.9 Å². The summed E-state index contributed by atoms with van der Waals surface area (Å²) in [6, 6.07) is 14.5. The average Bonchev–Trinajstić information content (AvgIpc) is 2.79. The van der Waals surface area contributed by atoms with Gasteiger partial charge in [0.2, 0.25) is 5.95 Å². The van der Waals surface area contributed by atoms with E-state index in [9.17, 15) is 0 Å². The van der Waals surface area contributed by atoms with Gasteiger partial charge in [0.15, 0.2) is 0 Å². The maximum absolute atomic E-state index is 6.10. The van der Waals surface area contributed by atoms with Crippen molar-refractivity contribution >= 4 is 17.0 Å². The molecule has 0 saturated heterocycles. The fourth-order valence-corrected chi connectivity index (χ4v) is 3.19. The molecule has 1 atom stereocenters. The third-order valence-electron chi connectivity index (χ3n) is 4.35. The van der Waals surface area contributed by atoms with Crippen LogP contribution in [0.25, 0.3) is 11.0 Å². The second-order valence-electron chi connectivity index (χ2n) is 5.54. The molecule has 4 rings (SSSR count). The molecule has 1 unspecified atom stereocenters. The lowest BCUT2D eigenvalue weighted by atomic mass is 9.77. The molecule has 1 heterocycles. The molecule has 0 amide bonds. The minimum Gasteiger partial charge on any atom is -0.497 e. The zero-order valence-electron chi connectivity index (χ0n) is 11.9. The number of methoxy groups -OCH3 is 1. The molecule has 2 aromatic carbocycles. The van der Waals surface area contributed by atoms with Crippen molar-refractivity contribution in [3.63, 3.8) is 0 Å². The number of imidazole rings is 1. The Bertz CT molecular complexity index is 822. The van der Waals surface area contributed by atoms with Crippen molar-refractivity contribution in [3.8, 4) is 5.75 Å². The number of aromatic nitrogens is 2. The van der Waals surface area contributed by atoms with Gasteiger partial charge in [-0.05, 0) is 29.7 Å². The maximum Gasteiger partial charge on any atom is 0.201 e. The van der Waals surface area contributed by atoms with Gasteiger partial charge in [-0.15, -0.1) is 0 Å². The second kappa shape index (κ2) is 4.52. The number of hydrogen-bond donors (Lipinski definition) is 1. The van der Waals surface area contributed by atoms with Gasteiger partial charge < -0.3 is 15.0 Å². The van der Waals surface area contributed by atoms with Gasteiger partial charge >= 0.3 is 0 Å². The summed E-state index contributed by atoms with van der Waals surface area (Å²) in [5, 5.41) is 0. The Morgan fingerprint density at radius 3 is 2.95 bits per heavy atom. The van der Waals surface area contributed by atoms with Crippen molar-refractivity contribution in [2.75, 3.05) is 12.8 Å². The Labute approximate surface area is 123 Å². The molecule has 1 aliphatic rings. The summed E-state index contributed by atoms with van der Waals surface area (Å²) < 4.78 is 7.35. The summed E-state index contributed by atoms with van der Waals surface area (Å²) in [6.07, 6.45) is 1.12. The van der Waals surface area contributed by atoms with E-state index < -0.39 is 0 Å². The highest BCUT2D eigenvalue weighted by molar-refractivity contribution is 5.80. The van der Waals surface area contributed by atoms with Gasteiger partial charge in [0.25, 0.3) is 0 Å². The van der Waals surface area contributed by atoms with Crippen LogP contribution in [0.1, 0.15) is 17.0 Å². The summed E-state index contributed by atoms with van der Waals surface area (Å²) >= 11 is 0. The molecular formula is C17H17N3O. The summed E-state index contributed by atoms with van der Waals surface area (Å²) in [5.74, 6) is 1.91. The normalized spacial score (nSPS) is 16.5. The van der Waals surface area contributed by atoms with E-state index in [1.807, 2.05) is 18.2 Å². The lowest BCUT2D eigenvalue weighted by Gasteiger charge is -2.30. The third-order valence-corrected chi connectivity index (χ3v) is 4.35. The molecule has 21 heavy (non-hydrogen) atoms. The topological polar surface area (TPSA) is 53.1 Å². The summed E-state index contributed by atoms with van der Waals surface area (Å²) in [5.41, 5.74) is 10.9. The monoisotopic (exact) mass is 279 g/mol. The van der Waals surface area contributed by atoms with E-state index in [1.54, 1.807) is 7.11 Å². The summed E-state index contributed by atoms with van der Waals surface area (Å²) in [7, 11) is 1.66. The molecule has 0 fully saturated rings. The van der Waals surface area contributed by atoms with E-state index in [0.29, 0.717) is 11.9 Å². The number of nitrogens with zero attached hydrogens (tertiary/aromatic N) is 2. The number of hydrogen-bond acceptors (Lipinski definition) is 3. The van der Waals surface area contributed by atoms with Crippen LogP contribution in [0, 0.1) is 0 Å². The fraction of sp³-hybridized carbons (Fsp3) is 0.235. The molecule has 4 heteroatoms. The predicted molar refractivity (Wildman–Crippen MR) is 83.6 cm³/mol. The SMILES string of the molecule is COc1ccc2c(c1)nc(N)n2CC1Cc2ccccc21. The van der Waals surface area contributed by atoms with Crippen molar-refractivity contribution in [1.29, 1.82) is 0 Å². The Morgan fingerprint density at radius 2 is 2.14 bits per heavy atom. The van der Waals surface area contributed by atoms with E-state index in [1.165, 1.54) is 11.1 Å². The van der Waals surface area contributed by atoms with E-state index in [-0.39, 0.29) is 0 Å². The van der Waals surface area contributed by atoms with Gasteiger partial charge in [-0.2, -0.15) is 0 Å². The zero-order chi connectivity index (χ0) is 14.4. The highest BCUT2D eigenvalue weighted by Gasteiger charge is 2.26. The molecule has 106 valence electrons. The molecule has 0 aliphatic heterocycles. The van der Waals surface area contributed by atoms with E-state index in [2.05, 4.69) is 33.8 Å². The first-order valence-electron chi connectivity index (χ1n) is 7.14. The van der Waals surface area contributed by atoms with Crippen LogP contribution in [-0.4, -0.2) is 16.7 Å². The van der Waals surface area contributed by atoms with Crippen molar-refractivity contribution < 1.29 is 4.74 Å². The number of anilines is 1. The molecular weight excluding hydrogens is 262 g/mol. The van der Waals surface area contributed by atoms with Crippen LogP contribution >= 0.6 is 0 Å². The summed E-state index contributed by atoms with van der Waals surface area (Å²) in [6.45, 7) is 0.881. The molecule has 1 aliphatic carbocycles. The van der Waals surface area contributed by atoms with Gasteiger partial charge in [-0.25, -0.2) is 4.98 Å². The highest BCUT2D eigenvalue weighted by Crippen LogP contribution is 2.37. The third kappa shape index (κ3) is 1.87. The number of nitrogens with two attached hydrogens (primary N) is 1. The smallest absolute Gasteiger partial charge is 0.201 e. The van der Waals surface area contributed by atoms with Gasteiger partial charge in [0.1, 0.15) is 5.75 Å². The highest BCUT2D eigenvalue weighted by atomic mass is 16.5. The van der Waals surface area contributed by atoms with Gasteiger partial charge in [0, 0.05) is 18.5 Å². The van der Waals surface area contributed by atoms with Gasteiger partial charge in [-0.1, -0.05) is 24.3 Å². The molecule has 0 bridgehead atoms. The number of ether oxygens (including phenoxy) is 1. The van der Waals surface area contributed by atoms with E-state index in [0.717, 1.165) is 29.7 Å². The fourth-order valence-electron chi connectivity index (χ4n) is 3.19. The maximum atomic E-state index is 6.10. The molecule has 0 spiro atoms. The molecule has 0 radical (unpaired) electrons. The van der Waals surface area contributed by atoms with Crippen molar-refractivity contribution in [3.05, 3.63) is 53.6 Å². The quantitative estimate of drug-likeness (QED) is 0.802. The predicted octanol–water partition coefficient (Wildman–Crippen LogP) is 2.97. The Kier molecular flexibility index (Phi) is 2.64. The molecule has 4 nitrogen and oxygen atoms in total. The lowest BCUT2D eigenvalue weighted by molar-refractivity contribution is 0.415. The molecule has 1 aromatic heterocycles. The lowest BCUT2D eigenvalue weighted by Crippen LogP contribution is -2.22. The van der Waals surface area contributed by atoms with Crippen LogP contribution in [0.4, 0.5) is 5.95 Å². The largest absolute Gasteiger partial charge is 0.497 e. The van der Waals surface area contributed by atoms with Crippen molar-refractivity contribution in [1.82, 2.24) is 9.55 Å². The first-order valence-corrected chi connectivity index (χ1v) is 7.14. The number of fused-ring (bicyclic) bond motifs is 2. The van der Waals surface area contributed by atoms with Crippen LogP contribution in [0.3, 0.4) is 0 Å². The first kappa shape index (κ1) is 12.3. The standard InChI is InChI=1S/C17H17N3O/c1-21-13-6-7-16-15(9-13)19-17(18)20(16)10-12-8-11-4-2-3-5-14(11)12/h2-7,9,12H,8,10H2,1H3,(H2,18,19). The average molecular weight is 279 g/mol. The minimum absolute atomic E-state index is 0.531. The molecule has 2 N–H and O–H groups in total. The van der Waals surface area contributed by atoms with Gasteiger partial charge in [0.05, 0.1) is 18.1 Å².